The summed E-state index contributed by atoms with van der Waals surface area (Å²) in [6, 6.07) is 7.41. The summed E-state index contributed by atoms with van der Waals surface area (Å²) >= 11 is 1.33. The van der Waals surface area contributed by atoms with E-state index in [9.17, 15) is 9.59 Å². The van der Waals surface area contributed by atoms with Gasteiger partial charge in [0.25, 0.3) is 11.5 Å². The molecule has 0 spiro atoms. The summed E-state index contributed by atoms with van der Waals surface area (Å²) in [5, 5.41) is 12.8. The van der Waals surface area contributed by atoms with Crippen LogP contribution < -0.4 is 10.9 Å². The van der Waals surface area contributed by atoms with E-state index in [0.29, 0.717) is 22.1 Å². The van der Waals surface area contributed by atoms with E-state index in [1.807, 2.05) is 24.3 Å². The Morgan fingerprint density at radius 3 is 2.79 bits per heavy atom. The summed E-state index contributed by atoms with van der Waals surface area (Å²) in [6.07, 6.45) is 0.809. The summed E-state index contributed by atoms with van der Waals surface area (Å²) in [4.78, 5) is 27.6. The van der Waals surface area contributed by atoms with Crippen LogP contribution in [0.25, 0.3) is 10.9 Å². The Morgan fingerprint density at radius 2 is 2.04 bits per heavy atom. The number of amides is 1. The van der Waals surface area contributed by atoms with Gasteiger partial charge in [0.1, 0.15) is 10.6 Å². The number of rotatable bonds is 4. The zero-order valence-corrected chi connectivity index (χ0v) is 14.5. The molecule has 24 heavy (non-hydrogen) atoms. The second-order valence-electron chi connectivity index (χ2n) is 6.05. The lowest BCUT2D eigenvalue weighted by atomic mass is 10.0. The van der Waals surface area contributed by atoms with Gasteiger partial charge in [-0.05, 0) is 24.5 Å². The van der Waals surface area contributed by atoms with Crippen LogP contribution >= 0.6 is 11.3 Å². The van der Waals surface area contributed by atoms with E-state index in [1.165, 1.54) is 11.3 Å². The lowest BCUT2D eigenvalue weighted by Crippen LogP contribution is -2.25. The van der Waals surface area contributed by atoms with Crippen LogP contribution in [0, 0.1) is 12.8 Å². The predicted octanol–water partition coefficient (Wildman–Crippen LogP) is 3.14. The number of nitrogens with zero attached hydrogens (tertiary/aromatic N) is 2. The number of benzene rings is 1. The predicted molar refractivity (Wildman–Crippen MR) is 95.7 cm³/mol. The van der Waals surface area contributed by atoms with Gasteiger partial charge in [0.15, 0.2) is 0 Å². The number of H-pyrrole nitrogens is 1. The molecule has 0 aliphatic carbocycles. The molecule has 0 fully saturated rings. The average molecular weight is 342 g/mol. The van der Waals surface area contributed by atoms with Gasteiger partial charge in [0, 0.05) is 17.3 Å². The lowest BCUT2D eigenvalue weighted by molar-refractivity contribution is 0.102. The minimum Gasteiger partial charge on any atom is -0.321 e. The Bertz CT molecular complexity index is 959. The molecule has 2 heterocycles. The normalized spacial score (nSPS) is 11.2. The van der Waals surface area contributed by atoms with Crippen molar-refractivity contribution in [2.24, 2.45) is 5.92 Å². The summed E-state index contributed by atoms with van der Waals surface area (Å²) in [5.74, 6) is -0.00109. The smallest absolute Gasteiger partial charge is 0.263 e. The Kier molecular flexibility index (Phi) is 4.44. The Hall–Kier alpha value is -2.54. The summed E-state index contributed by atoms with van der Waals surface area (Å²) in [5.41, 5.74) is 1.07. The third-order valence-corrected chi connectivity index (χ3v) is 4.54. The molecule has 2 N–H and O–H groups in total. The average Bonchev–Trinajstić information content (AvgIpc) is 2.93. The van der Waals surface area contributed by atoms with E-state index in [-0.39, 0.29) is 5.56 Å². The first-order chi connectivity index (χ1) is 11.5. The Balaban J connectivity index is 1.91. The molecule has 0 unspecified atom stereocenters. The number of fused-ring (bicyclic) bond motifs is 1. The second kappa shape index (κ2) is 6.52. The molecule has 0 bridgehead atoms. The minimum atomic E-state index is -0.466. The molecule has 7 heteroatoms. The Labute approximate surface area is 143 Å². The fourth-order valence-electron chi connectivity index (χ4n) is 2.58. The second-order valence-corrected chi connectivity index (χ2v) is 7.11. The molecule has 0 saturated carbocycles. The van der Waals surface area contributed by atoms with Crippen molar-refractivity contribution in [1.82, 2.24) is 15.2 Å². The van der Waals surface area contributed by atoms with E-state index in [2.05, 4.69) is 34.3 Å². The maximum atomic E-state index is 12.5. The molecule has 124 valence electrons. The summed E-state index contributed by atoms with van der Waals surface area (Å²) < 4.78 is 0. The quantitative estimate of drug-likeness (QED) is 0.762. The van der Waals surface area contributed by atoms with Crippen LogP contribution in [-0.4, -0.2) is 21.1 Å². The molecule has 0 aliphatic rings. The maximum absolute atomic E-state index is 12.5. The van der Waals surface area contributed by atoms with Gasteiger partial charge in [-0.15, -0.1) is 10.2 Å². The first-order valence-electron chi connectivity index (χ1n) is 7.71. The van der Waals surface area contributed by atoms with Crippen molar-refractivity contribution in [3.63, 3.8) is 0 Å². The molecule has 0 saturated heterocycles. The van der Waals surface area contributed by atoms with Crippen LogP contribution in [0.5, 0.6) is 0 Å². The monoisotopic (exact) mass is 342 g/mol. The van der Waals surface area contributed by atoms with Crippen LogP contribution in [0.2, 0.25) is 0 Å². The summed E-state index contributed by atoms with van der Waals surface area (Å²) in [7, 11) is 0. The number of hydrogen-bond acceptors (Lipinski definition) is 5. The highest BCUT2D eigenvalue weighted by atomic mass is 32.1. The van der Waals surface area contributed by atoms with Crippen molar-refractivity contribution < 1.29 is 4.79 Å². The van der Waals surface area contributed by atoms with Gasteiger partial charge in [-0.1, -0.05) is 43.4 Å². The van der Waals surface area contributed by atoms with E-state index in [1.54, 1.807) is 6.92 Å². The highest BCUT2D eigenvalue weighted by Crippen LogP contribution is 2.21. The molecule has 0 aliphatic heterocycles. The van der Waals surface area contributed by atoms with Crippen molar-refractivity contribution in [3.8, 4) is 0 Å². The van der Waals surface area contributed by atoms with Crippen molar-refractivity contribution in [2.45, 2.75) is 27.2 Å². The van der Waals surface area contributed by atoms with Gasteiger partial charge in [-0.3, -0.25) is 14.9 Å². The summed E-state index contributed by atoms with van der Waals surface area (Å²) in [6.45, 7) is 5.96. The molecule has 3 rings (SSSR count). The van der Waals surface area contributed by atoms with E-state index in [0.717, 1.165) is 16.8 Å². The topological polar surface area (TPSA) is 87.7 Å². The van der Waals surface area contributed by atoms with E-state index < -0.39 is 11.5 Å². The van der Waals surface area contributed by atoms with Crippen molar-refractivity contribution >= 4 is 33.3 Å². The van der Waals surface area contributed by atoms with Crippen LogP contribution in [0.15, 0.2) is 29.1 Å². The SMILES string of the molecule is Cc1c(C(=O)Nc2nnc(CC(C)C)s2)c(=O)[nH]c2ccccc12. The molecule has 0 radical (unpaired) electrons. The van der Waals surface area contributed by atoms with Crippen molar-refractivity contribution in [1.29, 1.82) is 0 Å². The highest BCUT2D eigenvalue weighted by Gasteiger charge is 2.18. The first kappa shape index (κ1) is 16.3. The maximum Gasteiger partial charge on any atom is 0.263 e. The van der Waals surface area contributed by atoms with Crippen LogP contribution in [0.1, 0.15) is 34.8 Å². The van der Waals surface area contributed by atoms with Gasteiger partial charge in [-0.2, -0.15) is 0 Å². The first-order valence-corrected chi connectivity index (χ1v) is 8.52. The van der Waals surface area contributed by atoms with Crippen molar-refractivity contribution in [2.75, 3.05) is 5.32 Å². The third-order valence-electron chi connectivity index (χ3n) is 3.68. The van der Waals surface area contributed by atoms with Crippen LogP contribution in [0.3, 0.4) is 0 Å². The molecule has 1 amide bonds. The lowest BCUT2D eigenvalue weighted by Gasteiger charge is -2.07. The molecular weight excluding hydrogens is 324 g/mol. The van der Waals surface area contributed by atoms with Gasteiger partial charge in [0.2, 0.25) is 5.13 Å². The fourth-order valence-corrected chi connectivity index (χ4v) is 3.52. The van der Waals surface area contributed by atoms with Gasteiger partial charge in [0.05, 0.1) is 0 Å². The molecule has 1 aromatic carbocycles. The molecule has 3 aromatic rings. The van der Waals surface area contributed by atoms with Crippen LogP contribution in [-0.2, 0) is 6.42 Å². The number of hydrogen-bond donors (Lipinski definition) is 2. The number of para-hydroxylation sites is 1. The zero-order valence-electron chi connectivity index (χ0n) is 13.7. The van der Waals surface area contributed by atoms with Crippen molar-refractivity contribution in [3.05, 3.63) is 50.8 Å². The standard InChI is InChI=1S/C17H18N4O2S/c1-9(2)8-13-20-21-17(24-13)19-16(23)14-10(3)11-6-4-5-7-12(11)18-15(14)22/h4-7,9H,8H2,1-3H3,(H,18,22)(H,19,21,23). The minimum absolute atomic E-state index is 0.106. The van der Waals surface area contributed by atoms with Gasteiger partial charge >= 0.3 is 0 Å². The van der Waals surface area contributed by atoms with E-state index >= 15 is 0 Å². The molecule has 0 atom stereocenters. The number of carbonyl (C=O) groups excluding carboxylic acids is 1. The number of aromatic nitrogens is 3. The van der Waals surface area contributed by atoms with Gasteiger partial charge in [-0.25, -0.2) is 0 Å². The highest BCUT2D eigenvalue weighted by molar-refractivity contribution is 7.15. The number of anilines is 1. The third kappa shape index (κ3) is 3.21. The number of aryl methyl sites for hydroxylation is 1. The zero-order chi connectivity index (χ0) is 17.3. The number of aromatic amines is 1. The Morgan fingerprint density at radius 1 is 1.29 bits per heavy atom. The van der Waals surface area contributed by atoms with Crippen LogP contribution in [0.4, 0.5) is 5.13 Å². The van der Waals surface area contributed by atoms with Gasteiger partial charge < -0.3 is 4.98 Å². The molecule has 6 nitrogen and oxygen atoms in total. The largest absolute Gasteiger partial charge is 0.321 e. The molecular formula is C17H18N4O2S. The molecule has 2 aromatic heterocycles. The number of nitrogens with one attached hydrogen (secondary N) is 2. The number of pyridine rings is 1. The van der Waals surface area contributed by atoms with E-state index in [4.69, 9.17) is 0 Å². The fraction of sp³-hybridized carbons (Fsp3) is 0.294. The number of carbonyl (C=O) groups is 1.